The number of unbranched alkanes of at least 4 members (excludes halogenated alkanes) is 24. The lowest BCUT2D eigenvalue weighted by atomic mass is 9.89. The summed E-state index contributed by atoms with van der Waals surface area (Å²) in [6.45, 7) is 7.40. The van der Waals surface area contributed by atoms with Gasteiger partial charge in [-0.05, 0) is 40.0 Å². The number of carbonyl (C=O) groups excluding carboxylic acids is 6. The highest BCUT2D eigenvalue weighted by Crippen LogP contribution is 2.26. The van der Waals surface area contributed by atoms with E-state index in [4.69, 9.17) is 30.4 Å². The number of carboxylic acids is 1. The van der Waals surface area contributed by atoms with Crippen molar-refractivity contribution in [2.75, 3.05) is 19.8 Å². The van der Waals surface area contributed by atoms with E-state index in [-0.39, 0.29) is 12.8 Å². The number of carboxylic acid groups (broad SMARTS) is 1. The zero-order chi connectivity index (χ0) is 58.5. The number of hydrogen-bond donors (Lipinski definition) is 9. The monoisotopic (exact) mass is 1120 g/mol. The third kappa shape index (κ3) is 29.5. The number of aliphatic hydroxyl groups is 4. The molecule has 1 heterocycles. The molecule has 21 heteroatoms. The largest absolute Gasteiger partial charge is 0.480 e. The molecule has 0 saturated carbocycles. The zero-order valence-corrected chi connectivity index (χ0v) is 48.4. The van der Waals surface area contributed by atoms with Crippen molar-refractivity contribution in [3.63, 3.8) is 0 Å². The molecule has 2 unspecified atom stereocenters. The Morgan fingerprint density at radius 1 is 0.679 bits per heavy atom. The average Bonchev–Trinajstić information content (AvgIpc) is 3.39. The highest BCUT2D eigenvalue weighted by atomic mass is 16.6. The first-order valence-electron chi connectivity index (χ1n) is 29.6. The number of rotatable bonds is 47. The molecule has 78 heavy (non-hydrogen) atoms. The van der Waals surface area contributed by atoms with E-state index in [0.29, 0.717) is 12.8 Å². The van der Waals surface area contributed by atoms with E-state index in [0.717, 1.165) is 69.6 Å². The molecule has 21 nitrogen and oxygen atoms in total. The van der Waals surface area contributed by atoms with Crippen LogP contribution in [0.5, 0.6) is 0 Å². The molecule has 0 spiro atoms. The number of nitrogens with one attached hydrogen (secondary N) is 2. The molecule has 0 radical (unpaired) electrons. The number of aliphatic hydroxyl groups excluding tert-OH is 4. The summed E-state index contributed by atoms with van der Waals surface area (Å²) in [5.74, 6) is -6.49. The molecular weight excluding hydrogens is 1010 g/mol. The molecule has 0 aromatic rings. The zero-order valence-electron chi connectivity index (χ0n) is 48.4. The van der Waals surface area contributed by atoms with Gasteiger partial charge in [0.2, 0.25) is 23.6 Å². The number of ether oxygens (including phenoxy) is 4. The highest BCUT2D eigenvalue weighted by molar-refractivity contribution is 5.92. The fourth-order valence-electron chi connectivity index (χ4n) is 9.75. The maximum Gasteiger partial charge on any atom is 0.326 e. The molecule has 0 aromatic carbocycles. The molecule has 0 bridgehead atoms. The lowest BCUT2D eigenvalue weighted by Gasteiger charge is -2.43. The van der Waals surface area contributed by atoms with Crippen molar-refractivity contribution in [3.8, 4) is 0 Å². The van der Waals surface area contributed by atoms with Gasteiger partial charge >= 0.3 is 17.9 Å². The number of nitrogens with zero attached hydrogens (tertiary/aromatic N) is 1. The summed E-state index contributed by atoms with van der Waals surface area (Å²) < 4.78 is 22.7. The molecule has 0 aromatic heterocycles. The van der Waals surface area contributed by atoms with Crippen molar-refractivity contribution in [1.82, 2.24) is 15.5 Å². The van der Waals surface area contributed by atoms with Gasteiger partial charge in [0.15, 0.2) is 18.5 Å². The minimum Gasteiger partial charge on any atom is -0.480 e. The van der Waals surface area contributed by atoms with Crippen LogP contribution >= 0.6 is 0 Å². The number of amides is 4. The van der Waals surface area contributed by atoms with Crippen LogP contribution in [-0.2, 0) is 52.5 Å². The molecule has 1 fully saturated rings. The number of primary amides is 1. The van der Waals surface area contributed by atoms with Gasteiger partial charge in [-0.1, -0.05) is 168 Å². The van der Waals surface area contributed by atoms with Crippen LogP contribution in [0.4, 0.5) is 0 Å². The number of esters is 2. The molecule has 0 aliphatic carbocycles. The van der Waals surface area contributed by atoms with Crippen molar-refractivity contribution in [3.05, 3.63) is 0 Å². The number of hydrogen-bond acceptors (Lipinski definition) is 16. The first-order valence-corrected chi connectivity index (χ1v) is 29.6. The van der Waals surface area contributed by atoms with Gasteiger partial charge in [0.05, 0.1) is 19.3 Å². The Hall–Kier alpha value is -3.99. The van der Waals surface area contributed by atoms with Crippen LogP contribution in [0.1, 0.15) is 234 Å². The van der Waals surface area contributed by atoms with Gasteiger partial charge in [-0.2, -0.15) is 0 Å². The Labute approximate surface area is 465 Å². The van der Waals surface area contributed by atoms with Crippen LogP contribution in [0, 0.1) is 0 Å². The van der Waals surface area contributed by atoms with Gasteiger partial charge in [0, 0.05) is 32.7 Å². The van der Waals surface area contributed by atoms with Crippen molar-refractivity contribution >= 4 is 41.5 Å². The Morgan fingerprint density at radius 2 is 1.12 bits per heavy atom. The molecule has 4 amide bonds. The van der Waals surface area contributed by atoms with Gasteiger partial charge in [0.1, 0.15) is 42.0 Å². The average molecular weight is 1120 g/mol. The quantitative estimate of drug-likeness (QED) is 0.0254. The molecule has 1 rings (SSSR count). The number of carbonyl (C=O) groups is 7. The standard InChI is InChI=1S/C57H105N5O16/c1-7-9-11-13-15-17-19-21-23-25-27-29-31-33-47(67)76-45(39-64)52(78-48(68)34-32-30-28-26-24-22-20-18-16-14-12-10-8-2)57(6,59)56(74)61-43(53(58)70)35-36-46(66)62(41(4)54(71)72)37-40(3)75-51-49(60-42(5)65)55(73)77-44(38-63)50(51)69/h40-41,43-45,49-52,55,63-64,69,73H,7-39,59H2,1-6H3,(H2,58,70)(H,60,65)(H,61,74)(H,71,72)/t40?,41-,43-,44+,45-,49+,50+,51+,52?,55-,57+/m0/s1. The van der Waals surface area contributed by atoms with Crippen molar-refractivity contribution in [1.29, 1.82) is 0 Å². The van der Waals surface area contributed by atoms with Crippen LogP contribution in [0.25, 0.3) is 0 Å². The maximum absolute atomic E-state index is 14.2. The van der Waals surface area contributed by atoms with E-state index >= 15 is 0 Å². The van der Waals surface area contributed by atoms with Gasteiger partial charge < -0.3 is 71.5 Å². The molecule has 1 aliphatic rings. The van der Waals surface area contributed by atoms with E-state index in [1.165, 1.54) is 117 Å². The minimum absolute atomic E-state index is 0.00392. The molecule has 454 valence electrons. The van der Waals surface area contributed by atoms with E-state index in [9.17, 15) is 59.1 Å². The highest BCUT2D eigenvalue weighted by Gasteiger charge is 2.49. The summed E-state index contributed by atoms with van der Waals surface area (Å²) in [5, 5.41) is 56.6. The van der Waals surface area contributed by atoms with Crippen molar-refractivity contribution in [2.24, 2.45) is 11.5 Å². The summed E-state index contributed by atoms with van der Waals surface area (Å²) in [6, 6.07) is -4.39. The number of aliphatic carboxylic acids is 1. The minimum atomic E-state index is -2.27. The predicted octanol–water partition coefficient (Wildman–Crippen LogP) is 5.88. The van der Waals surface area contributed by atoms with Crippen molar-refractivity contribution < 1.29 is 78.0 Å². The lowest BCUT2D eigenvalue weighted by molar-refractivity contribution is -0.268. The van der Waals surface area contributed by atoms with E-state index < -0.39 is 141 Å². The summed E-state index contributed by atoms with van der Waals surface area (Å²) in [4.78, 5) is 92.7. The predicted molar refractivity (Wildman–Crippen MR) is 295 cm³/mol. The first-order chi connectivity index (χ1) is 37.2. The maximum atomic E-state index is 14.2. The molecule has 1 saturated heterocycles. The summed E-state index contributed by atoms with van der Waals surface area (Å²) >= 11 is 0. The fraction of sp³-hybridized carbons (Fsp3) is 0.877. The van der Waals surface area contributed by atoms with Crippen LogP contribution < -0.4 is 22.1 Å². The second-order valence-corrected chi connectivity index (χ2v) is 21.8. The summed E-state index contributed by atoms with van der Waals surface area (Å²) in [6.07, 6.45) is 17.1. The van der Waals surface area contributed by atoms with Gasteiger partial charge in [-0.3, -0.25) is 28.8 Å². The summed E-state index contributed by atoms with van der Waals surface area (Å²) in [5.41, 5.74) is 10.1. The number of nitrogens with two attached hydrogens (primary N) is 2. The van der Waals surface area contributed by atoms with Gasteiger partial charge in [-0.25, -0.2) is 4.79 Å². The normalized spacial score (nSPS) is 20.1. The Kier molecular flexibility index (Phi) is 38.7. The third-order valence-electron chi connectivity index (χ3n) is 14.6. The second-order valence-electron chi connectivity index (χ2n) is 21.8. The first kappa shape index (κ1) is 72.0. The van der Waals surface area contributed by atoms with Crippen LogP contribution in [0.2, 0.25) is 0 Å². The molecule has 11 N–H and O–H groups in total. The van der Waals surface area contributed by atoms with Gasteiger partial charge in [0.25, 0.3) is 0 Å². The molecule has 11 atom stereocenters. The smallest absolute Gasteiger partial charge is 0.326 e. The topological polar surface area (TPSA) is 337 Å². The SMILES string of the molecule is CCCCCCCCCCCCCCCC(=O)OC([C@H](CO)OC(=O)CCCCCCCCCCCCCCC)[C@@](C)(N)C(=O)N[C@@H](CCC(=O)N(CC(C)O[C@H]1[C@H](O)[C@@H](CO)O[C@H](O)[C@@H]1NC(C)=O)[C@@H](C)C(=O)O)C(N)=O. The lowest BCUT2D eigenvalue weighted by Crippen LogP contribution is -2.66. The Balaban J connectivity index is 3.12. The Bertz CT molecular complexity index is 1710. The van der Waals surface area contributed by atoms with Crippen LogP contribution in [-0.4, -0.2) is 158 Å². The van der Waals surface area contributed by atoms with Crippen LogP contribution in [0.3, 0.4) is 0 Å². The molecular formula is C57H105N5O16. The third-order valence-corrected chi connectivity index (χ3v) is 14.6. The fourth-order valence-corrected chi connectivity index (χ4v) is 9.75. The van der Waals surface area contributed by atoms with E-state index in [2.05, 4.69) is 24.5 Å². The van der Waals surface area contributed by atoms with Crippen molar-refractivity contribution in [2.45, 2.75) is 301 Å². The second kappa shape index (κ2) is 41.9. The Morgan fingerprint density at radius 3 is 1.51 bits per heavy atom. The molecule has 1 aliphatic heterocycles. The summed E-state index contributed by atoms with van der Waals surface area (Å²) in [7, 11) is 0. The van der Waals surface area contributed by atoms with E-state index in [1.807, 2.05) is 0 Å². The van der Waals surface area contributed by atoms with Gasteiger partial charge in [-0.15, -0.1) is 0 Å². The van der Waals surface area contributed by atoms with Crippen LogP contribution in [0.15, 0.2) is 0 Å². The van der Waals surface area contributed by atoms with E-state index in [1.54, 1.807) is 0 Å².